The Morgan fingerprint density at radius 1 is 1.39 bits per heavy atom. The normalized spacial score (nSPS) is 11.3. The summed E-state index contributed by atoms with van der Waals surface area (Å²) in [4.78, 5) is 12.5. The monoisotopic (exact) mass is 285 g/mol. The van der Waals surface area contributed by atoms with E-state index < -0.39 is 15.9 Å². The number of hydrogen-bond acceptors (Lipinski definition) is 5. The highest BCUT2D eigenvalue weighted by Crippen LogP contribution is 2.10. The maximum absolute atomic E-state index is 11.7. The summed E-state index contributed by atoms with van der Waals surface area (Å²) in [6.45, 7) is 0. The number of aryl methyl sites for hydroxylation is 1. The summed E-state index contributed by atoms with van der Waals surface area (Å²) < 4.78 is 30.1. The van der Waals surface area contributed by atoms with Gasteiger partial charge in [0.1, 0.15) is 6.26 Å². The molecule has 0 aromatic carbocycles. The summed E-state index contributed by atoms with van der Waals surface area (Å²) >= 11 is 1.49. The Balaban J connectivity index is 1.93. The van der Waals surface area contributed by atoms with E-state index in [1.54, 1.807) is 0 Å². The van der Waals surface area contributed by atoms with Crippen LogP contribution in [-0.2, 0) is 16.4 Å². The summed E-state index contributed by atoms with van der Waals surface area (Å²) in [5.41, 5.74) is 0.190. The van der Waals surface area contributed by atoms with Crippen LogP contribution in [0.25, 0.3) is 0 Å². The number of carbonyl (C=O) groups excluding carboxylic acids is 1. The Hall–Kier alpha value is -1.60. The van der Waals surface area contributed by atoms with E-state index in [1.165, 1.54) is 29.9 Å². The summed E-state index contributed by atoms with van der Waals surface area (Å²) in [7, 11) is -3.62. The molecule has 1 amide bonds. The molecule has 1 N–H and O–H groups in total. The van der Waals surface area contributed by atoms with Crippen LogP contribution < -0.4 is 4.72 Å². The first-order chi connectivity index (χ1) is 8.57. The molecule has 0 atom stereocenters. The van der Waals surface area contributed by atoms with E-state index in [0.29, 0.717) is 6.42 Å². The van der Waals surface area contributed by atoms with Gasteiger partial charge in [0.15, 0.2) is 0 Å². The second kappa shape index (κ2) is 5.36. The lowest BCUT2D eigenvalue weighted by molar-refractivity contribution is 0.0981. The molecule has 0 aliphatic rings. The van der Waals surface area contributed by atoms with Gasteiger partial charge in [-0.2, -0.15) is 0 Å². The molecular weight excluding hydrogens is 274 g/mol. The summed E-state index contributed by atoms with van der Waals surface area (Å²) in [5.74, 6) is -0.785. The molecule has 0 bridgehead atoms. The van der Waals surface area contributed by atoms with Crippen LogP contribution in [0.4, 0.5) is 0 Å². The first-order valence-corrected chi connectivity index (χ1v) is 7.69. The Bertz CT molecular complexity index is 600. The molecule has 0 aliphatic carbocycles. The molecule has 2 rings (SSSR count). The van der Waals surface area contributed by atoms with Crippen LogP contribution in [0.15, 0.2) is 40.5 Å². The standard InChI is InChI=1S/C11H11NO4S2/c13-11(9-3-5-16-8-9)12-18(14,15)7-4-10-2-1-6-17-10/h1-3,5-6,8H,4,7H2,(H,12,13). The zero-order valence-electron chi connectivity index (χ0n) is 9.33. The number of rotatable bonds is 5. The fraction of sp³-hybridized carbons (Fsp3) is 0.182. The van der Waals surface area contributed by atoms with Crippen molar-refractivity contribution in [3.8, 4) is 0 Å². The smallest absolute Gasteiger partial charge is 0.267 e. The van der Waals surface area contributed by atoms with E-state index in [0.717, 1.165) is 4.88 Å². The van der Waals surface area contributed by atoms with E-state index in [1.807, 2.05) is 22.2 Å². The molecule has 0 saturated heterocycles. The number of carbonyl (C=O) groups is 1. The second-order valence-corrected chi connectivity index (χ2v) is 6.47. The van der Waals surface area contributed by atoms with E-state index in [-0.39, 0.29) is 11.3 Å². The summed E-state index contributed by atoms with van der Waals surface area (Å²) in [5, 5.41) is 1.88. The third-order valence-corrected chi connectivity index (χ3v) is 4.40. The van der Waals surface area contributed by atoms with Gasteiger partial charge in [0.05, 0.1) is 17.6 Å². The number of thiophene rings is 1. The van der Waals surface area contributed by atoms with Gasteiger partial charge < -0.3 is 4.42 Å². The van der Waals surface area contributed by atoms with Crippen molar-refractivity contribution in [2.24, 2.45) is 0 Å². The second-order valence-electron chi connectivity index (χ2n) is 3.59. The Morgan fingerprint density at radius 3 is 2.83 bits per heavy atom. The van der Waals surface area contributed by atoms with Crippen LogP contribution in [0.2, 0.25) is 0 Å². The molecule has 7 heteroatoms. The highest BCUT2D eigenvalue weighted by Gasteiger charge is 2.16. The van der Waals surface area contributed by atoms with Gasteiger partial charge >= 0.3 is 0 Å². The van der Waals surface area contributed by atoms with E-state index in [2.05, 4.69) is 0 Å². The van der Waals surface area contributed by atoms with Crippen molar-refractivity contribution in [2.75, 3.05) is 5.75 Å². The van der Waals surface area contributed by atoms with Crippen molar-refractivity contribution in [1.82, 2.24) is 4.72 Å². The average molecular weight is 285 g/mol. The minimum absolute atomic E-state index is 0.114. The maximum atomic E-state index is 11.7. The van der Waals surface area contributed by atoms with Gasteiger partial charge in [0.2, 0.25) is 10.0 Å². The molecule has 0 spiro atoms. The molecule has 96 valence electrons. The van der Waals surface area contributed by atoms with Crippen LogP contribution in [-0.4, -0.2) is 20.1 Å². The zero-order chi connectivity index (χ0) is 13.0. The van der Waals surface area contributed by atoms with Crippen LogP contribution in [0, 0.1) is 0 Å². The lowest BCUT2D eigenvalue weighted by Crippen LogP contribution is -2.32. The predicted octanol–water partition coefficient (Wildman–Crippen LogP) is 1.64. The average Bonchev–Trinajstić information content (AvgIpc) is 2.99. The lowest BCUT2D eigenvalue weighted by Gasteiger charge is -2.04. The van der Waals surface area contributed by atoms with E-state index >= 15 is 0 Å². The molecule has 2 aromatic rings. The van der Waals surface area contributed by atoms with Gasteiger partial charge in [-0.05, 0) is 23.9 Å². The number of nitrogens with one attached hydrogen (secondary N) is 1. The summed E-state index contributed by atoms with van der Waals surface area (Å²) in [6.07, 6.45) is 2.91. The minimum atomic E-state index is -3.62. The highest BCUT2D eigenvalue weighted by atomic mass is 32.2. The molecule has 0 unspecified atom stereocenters. The SMILES string of the molecule is O=C(NS(=O)(=O)CCc1cccs1)c1ccoc1. The van der Waals surface area contributed by atoms with Crippen molar-refractivity contribution in [1.29, 1.82) is 0 Å². The molecular formula is C11H11NO4S2. The topological polar surface area (TPSA) is 76.4 Å². The largest absolute Gasteiger partial charge is 0.472 e. The number of hydrogen-bond donors (Lipinski definition) is 1. The molecule has 5 nitrogen and oxygen atoms in total. The van der Waals surface area contributed by atoms with Crippen molar-refractivity contribution in [2.45, 2.75) is 6.42 Å². The third kappa shape index (κ3) is 3.44. The minimum Gasteiger partial charge on any atom is -0.472 e. The molecule has 18 heavy (non-hydrogen) atoms. The number of furan rings is 1. The van der Waals surface area contributed by atoms with Crippen molar-refractivity contribution in [3.05, 3.63) is 46.5 Å². The lowest BCUT2D eigenvalue weighted by atomic mass is 10.3. The summed E-state index contributed by atoms with van der Waals surface area (Å²) in [6, 6.07) is 5.12. The molecule has 0 radical (unpaired) electrons. The van der Waals surface area contributed by atoms with Crippen molar-refractivity contribution in [3.63, 3.8) is 0 Å². The first-order valence-electron chi connectivity index (χ1n) is 5.16. The van der Waals surface area contributed by atoms with Gasteiger partial charge in [-0.25, -0.2) is 13.1 Å². The molecule has 0 fully saturated rings. The van der Waals surface area contributed by atoms with Gasteiger partial charge in [-0.15, -0.1) is 11.3 Å². The van der Waals surface area contributed by atoms with Crippen LogP contribution >= 0.6 is 11.3 Å². The fourth-order valence-electron chi connectivity index (χ4n) is 1.33. The highest BCUT2D eigenvalue weighted by molar-refractivity contribution is 7.90. The maximum Gasteiger partial charge on any atom is 0.267 e. The fourth-order valence-corrected chi connectivity index (χ4v) is 3.16. The Labute approximate surface area is 108 Å². The predicted molar refractivity (Wildman–Crippen MR) is 68.0 cm³/mol. The van der Waals surface area contributed by atoms with Gasteiger partial charge in [0, 0.05) is 4.88 Å². The quantitative estimate of drug-likeness (QED) is 0.906. The first kappa shape index (κ1) is 12.8. The van der Waals surface area contributed by atoms with Crippen LogP contribution in [0.1, 0.15) is 15.2 Å². The van der Waals surface area contributed by atoms with Gasteiger partial charge in [-0.3, -0.25) is 4.79 Å². The Kier molecular flexibility index (Phi) is 3.83. The third-order valence-electron chi connectivity index (χ3n) is 2.23. The van der Waals surface area contributed by atoms with Crippen LogP contribution in [0.5, 0.6) is 0 Å². The van der Waals surface area contributed by atoms with E-state index in [9.17, 15) is 13.2 Å². The number of amides is 1. The van der Waals surface area contributed by atoms with Gasteiger partial charge in [0.25, 0.3) is 5.91 Å². The molecule has 2 heterocycles. The van der Waals surface area contributed by atoms with Crippen LogP contribution in [0.3, 0.4) is 0 Å². The van der Waals surface area contributed by atoms with E-state index in [4.69, 9.17) is 4.42 Å². The molecule has 2 aromatic heterocycles. The molecule has 0 saturated carbocycles. The zero-order valence-corrected chi connectivity index (χ0v) is 11.0. The Morgan fingerprint density at radius 2 is 2.22 bits per heavy atom. The molecule has 0 aliphatic heterocycles. The van der Waals surface area contributed by atoms with Crippen molar-refractivity contribution >= 4 is 27.3 Å². The van der Waals surface area contributed by atoms with Gasteiger partial charge in [-0.1, -0.05) is 6.07 Å². The number of sulfonamides is 1. The van der Waals surface area contributed by atoms with Crippen molar-refractivity contribution < 1.29 is 17.6 Å².